The largest absolute Gasteiger partial charge is 0.335 e. The van der Waals surface area contributed by atoms with E-state index in [1.165, 1.54) is 4.90 Å². The third kappa shape index (κ3) is 3.20. The lowest BCUT2D eigenvalue weighted by molar-refractivity contribution is -0.148. The van der Waals surface area contributed by atoms with Crippen LogP contribution >= 0.6 is 0 Å². The maximum atomic E-state index is 11.6. The molecule has 0 aromatic rings. The van der Waals surface area contributed by atoms with Crippen LogP contribution in [-0.4, -0.2) is 54.3 Å². The molecule has 1 aliphatic heterocycles. The number of hydrogen-bond acceptors (Lipinski definition) is 3. The molecule has 5 nitrogen and oxygen atoms in total. The third-order valence-electron chi connectivity index (χ3n) is 2.59. The smallest absolute Gasteiger partial charge is 0.242 e. The summed E-state index contributed by atoms with van der Waals surface area (Å²) in [4.78, 5) is 26.0. The molecule has 2 amide bonds. The molecule has 0 radical (unpaired) electrons. The number of nitrogens with two attached hydrogens (primary N) is 1. The number of rotatable bonds is 4. The number of likely N-dealkylation sites (N-methyl/N-ethyl adjacent to an activating group) is 1. The van der Waals surface area contributed by atoms with Gasteiger partial charge in [0.05, 0.1) is 13.1 Å². The van der Waals surface area contributed by atoms with Crippen molar-refractivity contribution in [2.24, 2.45) is 5.73 Å². The van der Waals surface area contributed by atoms with Crippen molar-refractivity contribution in [3.63, 3.8) is 0 Å². The number of hydrogen-bond donors (Lipinski definition) is 1. The molecule has 0 aliphatic carbocycles. The van der Waals surface area contributed by atoms with Crippen LogP contribution in [0.1, 0.15) is 19.8 Å². The Bertz CT molecular complexity index is 255. The van der Waals surface area contributed by atoms with Crippen LogP contribution in [0.5, 0.6) is 0 Å². The average Bonchev–Trinajstić information content (AvgIpc) is 2.14. The minimum absolute atomic E-state index is 0.0105. The average molecular weight is 213 g/mol. The first-order valence-electron chi connectivity index (χ1n) is 5.32. The summed E-state index contributed by atoms with van der Waals surface area (Å²) >= 11 is 0. The number of carbonyl (C=O) groups excluding carboxylic acids is 2. The number of carbonyl (C=O) groups is 2. The molecule has 0 bridgehead atoms. The fourth-order valence-electron chi connectivity index (χ4n) is 1.67. The third-order valence-corrected chi connectivity index (χ3v) is 2.59. The first kappa shape index (κ1) is 12.0. The minimum Gasteiger partial charge on any atom is -0.335 e. The normalized spacial score (nSPS) is 19.7. The Morgan fingerprint density at radius 3 is 2.60 bits per heavy atom. The summed E-state index contributed by atoms with van der Waals surface area (Å²) in [7, 11) is 1.64. The second kappa shape index (κ2) is 5.11. The SMILES string of the molecule is CCCC(N)CN1CC(=O)N(C)CC1=O. The van der Waals surface area contributed by atoms with Gasteiger partial charge in [-0.2, -0.15) is 0 Å². The van der Waals surface area contributed by atoms with Gasteiger partial charge in [0.25, 0.3) is 0 Å². The molecule has 0 saturated carbocycles. The Hall–Kier alpha value is -1.10. The predicted molar refractivity (Wildman–Crippen MR) is 57.1 cm³/mol. The molecule has 5 heteroatoms. The van der Waals surface area contributed by atoms with Crippen LogP contribution in [-0.2, 0) is 9.59 Å². The Labute approximate surface area is 90.2 Å². The van der Waals surface area contributed by atoms with Crippen molar-refractivity contribution in [3.8, 4) is 0 Å². The fourth-order valence-corrected chi connectivity index (χ4v) is 1.67. The molecule has 1 rings (SSSR count). The zero-order valence-corrected chi connectivity index (χ0v) is 9.40. The summed E-state index contributed by atoms with van der Waals surface area (Å²) in [5, 5.41) is 0. The van der Waals surface area contributed by atoms with E-state index < -0.39 is 0 Å². The van der Waals surface area contributed by atoms with Crippen molar-refractivity contribution in [2.75, 3.05) is 26.7 Å². The maximum absolute atomic E-state index is 11.6. The summed E-state index contributed by atoms with van der Waals surface area (Å²) in [5.41, 5.74) is 5.84. The van der Waals surface area contributed by atoms with Gasteiger partial charge in [0.1, 0.15) is 0 Å². The van der Waals surface area contributed by atoms with E-state index in [0.717, 1.165) is 12.8 Å². The van der Waals surface area contributed by atoms with Gasteiger partial charge in [-0.15, -0.1) is 0 Å². The van der Waals surface area contributed by atoms with Gasteiger partial charge >= 0.3 is 0 Å². The van der Waals surface area contributed by atoms with Gasteiger partial charge in [-0.1, -0.05) is 13.3 Å². The van der Waals surface area contributed by atoms with E-state index in [1.807, 2.05) is 0 Å². The van der Waals surface area contributed by atoms with Gasteiger partial charge in [-0.05, 0) is 6.42 Å². The van der Waals surface area contributed by atoms with E-state index >= 15 is 0 Å². The standard InChI is InChI=1S/C10H19N3O2/c1-3-4-8(11)5-13-7-9(14)12(2)6-10(13)15/h8H,3-7,11H2,1-2H3. The van der Waals surface area contributed by atoms with Gasteiger partial charge in [-0.3, -0.25) is 9.59 Å². The van der Waals surface area contributed by atoms with Crippen LogP contribution < -0.4 is 5.73 Å². The van der Waals surface area contributed by atoms with Crippen LogP contribution in [0.25, 0.3) is 0 Å². The topological polar surface area (TPSA) is 66.6 Å². The van der Waals surface area contributed by atoms with E-state index in [9.17, 15) is 9.59 Å². The molecule has 0 spiro atoms. The second-order valence-corrected chi connectivity index (χ2v) is 4.07. The Morgan fingerprint density at radius 2 is 2.00 bits per heavy atom. The van der Waals surface area contributed by atoms with Crippen LogP contribution in [0.4, 0.5) is 0 Å². The van der Waals surface area contributed by atoms with Crippen molar-refractivity contribution < 1.29 is 9.59 Å². The van der Waals surface area contributed by atoms with Gasteiger partial charge in [-0.25, -0.2) is 0 Å². The summed E-state index contributed by atoms with van der Waals surface area (Å²) in [6, 6.07) is -0.0184. The lowest BCUT2D eigenvalue weighted by Gasteiger charge is -2.33. The Balaban J connectivity index is 2.48. The minimum atomic E-state index is -0.0184. The number of amides is 2. The van der Waals surface area contributed by atoms with Crippen LogP contribution in [0.2, 0.25) is 0 Å². The lowest BCUT2D eigenvalue weighted by atomic mass is 10.1. The highest BCUT2D eigenvalue weighted by atomic mass is 16.2. The first-order chi connectivity index (χ1) is 7.04. The van der Waals surface area contributed by atoms with Crippen LogP contribution in [0.15, 0.2) is 0 Å². The second-order valence-electron chi connectivity index (χ2n) is 4.07. The van der Waals surface area contributed by atoms with Crippen molar-refractivity contribution in [1.29, 1.82) is 0 Å². The van der Waals surface area contributed by atoms with E-state index in [2.05, 4.69) is 6.92 Å². The van der Waals surface area contributed by atoms with Gasteiger partial charge in [0, 0.05) is 19.6 Å². The molecule has 1 heterocycles. The quantitative estimate of drug-likeness (QED) is 0.679. The molecule has 0 aromatic heterocycles. The van der Waals surface area contributed by atoms with E-state index in [1.54, 1.807) is 11.9 Å². The molecular formula is C10H19N3O2. The van der Waals surface area contributed by atoms with E-state index in [0.29, 0.717) is 6.54 Å². The number of piperazine rings is 1. The zero-order valence-electron chi connectivity index (χ0n) is 9.40. The van der Waals surface area contributed by atoms with E-state index in [4.69, 9.17) is 5.73 Å². The van der Waals surface area contributed by atoms with Crippen molar-refractivity contribution >= 4 is 11.8 Å². The highest BCUT2D eigenvalue weighted by Gasteiger charge is 2.27. The summed E-state index contributed by atoms with van der Waals surface area (Å²) in [6.45, 7) is 2.90. The molecule has 1 fully saturated rings. The van der Waals surface area contributed by atoms with Crippen molar-refractivity contribution in [2.45, 2.75) is 25.8 Å². The molecular weight excluding hydrogens is 194 g/mol. The summed E-state index contributed by atoms with van der Waals surface area (Å²) < 4.78 is 0. The monoisotopic (exact) mass is 213 g/mol. The molecule has 0 aromatic carbocycles. The lowest BCUT2D eigenvalue weighted by Crippen LogP contribution is -2.54. The van der Waals surface area contributed by atoms with Gasteiger partial charge < -0.3 is 15.5 Å². The first-order valence-corrected chi connectivity index (χ1v) is 5.32. The van der Waals surface area contributed by atoms with E-state index in [-0.39, 0.29) is 30.9 Å². The van der Waals surface area contributed by atoms with Crippen molar-refractivity contribution in [1.82, 2.24) is 9.80 Å². The van der Waals surface area contributed by atoms with Gasteiger partial charge in [0.2, 0.25) is 11.8 Å². The molecule has 1 atom stereocenters. The fraction of sp³-hybridized carbons (Fsp3) is 0.800. The van der Waals surface area contributed by atoms with Crippen LogP contribution in [0, 0.1) is 0 Å². The molecule has 86 valence electrons. The summed E-state index contributed by atoms with van der Waals surface area (Å²) in [6.07, 6.45) is 1.88. The molecule has 1 aliphatic rings. The molecule has 1 saturated heterocycles. The Morgan fingerprint density at radius 1 is 1.33 bits per heavy atom. The van der Waals surface area contributed by atoms with Gasteiger partial charge in [0.15, 0.2) is 0 Å². The van der Waals surface area contributed by atoms with Crippen molar-refractivity contribution in [3.05, 3.63) is 0 Å². The molecule has 15 heavy (non-hydrogen) atoms. The highest BCUT2D eigenvalue weighted by Crippen LogP contribution is 2.05. The van der Waals surface area contributed by atoms with Crippen LogP contribution in [0.3, 0.4) is 0 Å². The number of nitrogens with zero attached hydrogens (tertiary/aromatic N) is 2. The predicted octanol–water partition coefficient (Wildman–Crippen LogP) is -0.586. The molecule has 1 unspecified atom stereocenters. The maximum Gasteiger partial charge on any atom is 0.242 e. The molecule has 2 N–H and O–H groups in total. The zero-order chi connectivity index (χ0) is 11.4. The summed E-state index contributed by atoms with van der Waals surface area (Å²) in [5.74, 6) is -0.0260. The Kier molecular flexibility index (Phi) is 4.08. The highest BCUT2D eigenvalue weighted by molar-refractivity contribution is 5.92.